The normalized spacial score (nSPS) is 13.9. The molecule has 0 fully saturated rings. The summed E-state index contributed by atoms with van der Waals surface area (Å²) in [5.41, 5.74) is 7.48. The number of carbonyl (C=O) groups excluding carboxylic acids is 1. The van der Waals surface area contributed by atoms with Gasteiger partial charge in [0.1, 0.15) is 12.2 Å². The summed E-state index contributed by atoms with van der Waals surface area (Å²) in [6, 6.07) is 3.29. The zero-order valence-electron chi connectivity index (χ0n) is 10.9. The summed E-state index contributed by atoms with van der Waals surface area (Å²) in [5, 5.41) is 22.6. The Kier molecular flexibility index (Phi) is 4.11. The van der Waals surface area contributed by atoms with Gasteiger partial charge >= 0.3 is 0 Å². The van der Waals surface area contributed by atoms with Gasteiger partial charge in [0.2, 0.25) is 5.91 Å². The number of aromatic nitrogens is 2. The Morgan fingerprint density at radius 2 is 2.05 bits per heavy atom. The molecule has 1 heterocycles. The SMILES string of the molecule is CC(=O)NCC(O)C(O)c1c(N)ccc2nccnc12. The first kappa shape index (κ1) is 14.2. The van der Waals surface area contributed by atoms with Crippen molar-refractivity contribution < 1.29 is 15.0 Å². The lowest BCUT2D eigenvalue weighted by Gasteiger charge is -2.20. The Bertz CT molecular complexity index is 632. The molecular formula is C13H16N4O3. The fourth-order valence-corrected chi connectivity index (χ4v) is 1.94. The van der Waals surface area contributed by atoms with Gasteiger partial charge in [-0.25, -0.2) is 0 Å². The van der Waals surface area contributed by atoms with Crippen LogP contribution < -0.4 is 11.1 Å². The number of hydrogen-bond acceptors (Lipinski definition) is 6. The number of carbonyl (C=O) groups is 1. The number of benzene rings is 1. The van der Waals surface area contributed by atoms with E-state index < -0.39 is 12.2 Å². The average molecular weight is 276 g/mol. The predicted molar refractivity (Wildman–Crippen MR) is 73.6 cm³/mol. The molecule has 0 aliphatic heterocycles. The van der Waals surface area contributed by atoms with Crippen molar-refractivity contribution in [1.29, 1.82) is 0 Å². The molecule has 1 aromatic carbocycles. The average Bonchev–Trinajstić information content (AvgIpc) is 2.44. The van der Waals surface area contributed by atoms with Crippen molar-refractivity contribution >= 4 is 22.6 Å². The molecule has 2 unspecified atom stereocenters. The first-order valence-electron chi connectivity index (χ1n) is 6.10. The lowest BCUT2D eigenvalue weighted by molar-refractivity contribution is -0.119. The van der Waals surface area contributed by atoms with Crippen molar-refractivity contribution in [2.24, 2.45) is 0 Å². The van der Waals surface area contributed by atoms with Gasteiger partial charge in [-0.2, -0.15) is 0 Å². The number of nitrogen functional groups attached to an aromatic ring is 1. The lowest BCUT2D eigenvalue weighted by Crippen LogP contribution is -2.34. The first-order valence-corrected chi connectivity index (χ1v) is 6.10. The van der Waals surface area contributed by atoms with Gasteiger partial charge in [0.25, 0.3) is 0 Å². The van der Waals surface area contributed by atoms with Gasteiger partial charge < -0.3 is 21.3 Å². The van der Waals surface area contributed by atoms with Crippen molar-refractivity contribution in [3.63, 3.8) is 0 Å². The van der Waals surface area contributed by atoms with Gasteiger partial charge in [-0.05, 0) is 12.1 Å². The van der Waals surface area contributed by atoms with E-state index in [-0.39, 0.29) is 12.5 Å². The van der Waals surface area contributed by atoms with Crippen molar-refractivity contribution in [2.45, 2.75) is 19.1 Å². The summed E-state index contributed by atoms with van der Waals surface area (Å²) >= 11 is 0. The Labute approximate surface area is 115 Å². The molecule has 1 amide bonds. The molecule has 7 nitrogen and oxygen atoms in total. The molecule has 0 saturated carbocycles. The summed E-state index contributed by atoms with van der Waals surface area (Å²) < 4.78 is 0. The molecule has 2 atom stereocenters. The minimum Gasteiger partial charge on any atom is -0.398 e. The highest BCUT2D eigenvalue weighted by atomic mass is 16.3. The van der Waals surface area contributed by atoms with Gasteiger partial charge in [-0.3, -0.25) is 14.8 Å². The monoisotopic (exact) mass is 276 g/mol. The smallest absolute Gasteiger partial charge is 0.216 e. The molecule has 5 N–H and O–H groups in total. The number of rotatable bonds is 4. The quantitative estimate of drug-likeness (QED) is 0.571. The van der Waals surface area contributed by atoms with Crippen LogP contribution in [0.25, 0.3) is 11.0 Å². The Hall–Kier alpha value is -2.25. The summed E-state index contributed by atoms with van der Waals surface area (Å²) in [4.78, 5) is 19.1. The number of aliphatic hydroxyl groups excluding tert-OH is 2. The summed E-state index contributed by atoms with van der Waals surface area (Å²) in [6.07, 6.45) is 0.566. The zero-order chi connectivity index (χ0) is 14.7. The maximum Gasteiger partial charge on any atom is 0.216 e. The molecule has 0 aliphatic rings. The number of anilines is 1. The van der Waals surface area contributed by atoms with Crippen molar-refractivity contribution in [2.75, 3.05) is 12.3 Å². The number of nitrogens with two attached hydrogens (primary N) is 1. The molecule has 0 saturated heterocycles. The molecule has 2 rings (SSSR count). The summed E-state index contributed by atoms with van der Waals surface area (Å²) in [6.45, 7) is 1.25. The number of fused-ring (bicyclic) bond motifs is 1. The second-order valence-electron chi connectivity index (χ2n) is 4.44. The van der Waals surface area contributed by atoms with E-state index in [1.165, 1.54) is 19.3 Å². The van der Waals surface area contributed by atoms with Crippen LogP contribution in [0.5, 0.6) is 0 Å². The van der Waals surface area contributed by atoms with Crippen molar-refractivity contribution in [3.05, 3.63) is 30.1 Å². The van der Waals surface area contributed by atoms with Crippen molar-refractivity contribution in [1.82, 2.24) is 15.3 Å². The molecule has 0 radical (unpaired) electrons. The van der Waals surface area contributed by atoms with E-state index in [0.29, 0.717) is 22.3 Å². The first-order chi connectivity index (χ1) is 9.50. The molecule has 106 valence electrons. The highest BCUT2D eigenvalue weighted by Gasteiger charge is 2.23. The van der Waals surface area contributed by atoms with Crippen LogP contribution in [-0.2, 0) is 4.79 Å². The van der Waals surface area contributed by atoms with E-state index in [1.54, 1.807) is 12.1 Å². The van der Waals surface area contributed by atoms with E-state index in [0.717, 1.165) is 0 Å². The molecular weight excluding hydrogens is 260 g/mol. The van der Waals surface area contributed by atoms with Gasteiger partial charge in [-0.15, -0.1) is 0 Å². The second kappa shape index (κ2) is 5.81. The van der Waals surface area contributed by atoms with Crippen LogP contribution in [0.4, 0.5) is 5.69 Å². The molecule has 7 heteroatoms. The maximum atomic E-state index is 10.8. The van der Waals surface area contributed by atoms with Crippen LogP contribution in [0, 0.1) is 0 Å². The minimum atomic E-state index is -1.26. The highest BCUT2D eigenvalue weighted by molar-refractivity contribution is 5.83. The zero-order valence-corrected chi connectivity index (χ0v) is 10.9. The number of nitrogens with zero attached hydrogens (tertiary/aromatic N) is 2. The topological polar surface area (TPSA) is 121 Å². The lowest BCUT2D eigenvalue weighted by atomic mass is 10.0. The standard InChI is InChI=1S/C13H16N4O3/c1-7(18)17-6-10(19)13(20)11-8(14)2-3-9-12(11)16-5-4-15-9/h2-5,10,13,19-20H,6,14H2,1H3,(H,17,18). The van der Waals surface area contributed by atoms with E-state index >= 15 is 0 Å². The fourth-order valence-electron chi connectivity index (χ4n) is 1.94. The van der Waals surface area contributed by atoms with E-state index in [1.807, 2.05) is 0 Å². The van der Waals surface area contributed by atoms with Crippen LogP contribution >= 0.6 is 0 Å². The third-order valence-electron chi connectivity index (χ3n) is 2.93. The fraction of sp³-hybridized carbons (Fsp3) is 0.308. The highest BCUT2D eigenvalue weighted by Crippen LogP contribution is 2.29. The van der Waals surface area contributed by atoms with Gasteiger partial charge in [-0.1, -0.05) is 0 Å². The van der Waals surface area contributed by atoms with Gasteiger partial charge in [0.15, 0.2) is 0 Å². The number of aliphatic hydroxyl groups is 2. The third kappa shape index (κ3) is 2.84. The van der Waals surface area contributed by atoms with Gasteiger partial charge in [0.05, 0.1) is 11.0 Å². The Balaban J connectivity index is 2.35. The predicted octanol–water partition coefficient (Wildman–Crippen LogP) is -0.258. The third-order valence-corrected chi connectivity index (χ3v) is 2.93. The van der Waals surface area contributed by atoms with E-state index in [9.17, 15) is 15.0 Å². The van der Waals surface area contributed by atoms with Crippen LogP contribution in [0.15, 0.2) is 24.5 Å². The number of amides is 1. The Morgan fingerprint density at radius 3 is 2.75 bits per heavy atom. The largest absolute Gasteiger partial charge is 0.398 e. The van der Waals surface area contributed by atoms with Crippen LogP contribution in [-0.4, -0.2) is 38.7 Å². The minimum absolute atomic E-state index is 0.0768. The van der Waals surface area contributed by atoms with Gasteiger partial charge in [0, 0.05) is 37.1 Å². The number of hydrogen-bond donors (Lipinski definition) is 4. The molecule has 2 aromatic rings. The molecule has 0 aliphatic carbocycles. The van der Waals surface area contributed by atoms with Crippen LogP contribution in [0.3, 0.4) is 0 Å². The van der Waals surface area contributed by atoms with E-state index in [4.69, 9.17) is 5.73 Å². The van der Waals surface area contributed by atoms with Crippen LogP contribution in [0.2, 0.25) is 0 Å². The maximum absolute atomic E-state index is 10.8. The van der Waals surface area contributed by atoms with Crippen LogP contribution in [0.1, 0.15) is 18.6 Å². The summed E-state index contributed by atoms with van der Waals surface area (Å²) in [5.74, 6) is -0.290. The molecule has 0 bridgehead atoms. The molecule has 20 heavy (non-hydrogen) atoms. The van der Waals surface area contributed by atoms with Crippen molar-refractivity contribution in [3.8, 4) is 0 Å². The molecule has 0 spiro atoms. The molecule has 1 aromatic heterocycles. The Morgan fingerprint density at radius 1 is 1.35 bits per heavy atom. The number of nitrogens with one attached hydrogen (secondary N) is 1. The summed E-state index contributed by atoms with van der Waals surface area (Å²) in [7, 11) is 0. The van der Waals surface area contributed by atoms with E-state index in [2.05, 4.69) is 15.3 Å². The second-order valence-corrected chi connectivity index (χ2v) is 4.44.